The monoisotopic (exact) mass is 276 g/mol. The number of hydrogen-bond donors (Lipinski definition) is 1. The number of hydrogen-bond acceptors (Lipinski definition) is 2. The number of nitrogens with zero attached hydrogens (tertiary/aromatic N) is 1. The second-order valence-electron chi connectivity index (χ2n) is 3.39. The van der Waals surface area contributed by atoms with Crippen molar-refractivity contribution in [1.82, 2.24) is 4.90 Å². The van der Waals surface area contributed by atoms with Crippen molar-refractivity contribution < 1.29 is 0 Å². The molecule has 0 saturated carbocycles. The summed E-state index contributed by atoms with van der Waals surface area (Å²) in [6.07, 6.45) is 0. The van der Waals surface area contributed by atoms with Crippen LogP contribution in [0.5, 0.6) is 0 Å². The van der Waals surface area contributed by atoms with Crippen LogP contribution in [0.1, 0.15) is 11.6 Å². The minimum atomic E-state index is 0.239. The predicted octanol–water partition coefficient (Wildman–Crippen LogP) is 2.66. The lowest BCUT2D eigenvalue weighted by Gasteiger charge is -2.23. The van der Waals surface area contributed by atoms with Crippen molar-refractivity contribution in [3.63, 3.8) is 0 Å². The van der Waals surface area contributed by atoms with Crippen molar-refractivity contribution in [2.24, 2.45) is 5.73 Å². The van der Waals surface area contributed by atoms with Gasteiger partial charge in [0.25, 0.3) is 0 Å². The molecule has 0 amide bonds. The lowest BCUT2D eigenvalue weighted by Crippen LogP contribution is -2.27. The number of halogens is 2. The van der Waals surface area contributed by atoms with Crippen LogP contribution in [-0.4, -0.2) is 25.5 Å². The molecule has 1 rings (SSSR count). The first kappa shape index (κ1) is 12.0. The topological polar surface area (TPSA) is 29.3 Å². The molecule has 0 aromatic heterocycles. The van der Waals surface area contributed by atoms with E-state index in [1.54, 1.807) is 0 Å². The van der Waals surface area contributed by atoms with Crippen LogP contribution in [0.3, 0.4) is 0 Å². The van der Waals surface area contributed by atoms with Gasteiger partial charge in [-0.1, -0.05) is 17.7 Å². The zero-order chi connectivity index (χ0) is 10.7. The molecule has 0 aliphatic rings. The van der Waals surface area contributed by atoms with Gasteiger partial charge in [-0.2, -0.15) is 0 Å². The third-order valence-electron chi connectivity index (χ3n) is 2.18. The maximum Gasteiger partial charge on any atom is 0.0548 e. The Balaban J connectivity index is 3.00. The van der Waals surface area contributed by atoms with Crippen molar-refractivity contribution in [1.29, 1.82) is 0 Å². The van der Waals surface area contributed by atoms with E-state index in [-0.39, 0.29) is 6.04 Å². The Hall–Kier alpha value is -0.0900. The second kappa shape index (κ2) is 5.12. The highest BCUT2D eigenvalue weighted by Gasteiger charge is 2.12. The number of likely N-dealkylation sites (N-methyl/N-ethyl adjacent to an activating group) is 1. The zero-order valence-corrected chi connectivity index (χ0v) is 10.6. The standard InChI is InChI=1S/C10H14BrClN2/c1-14(2)10(6-13)7-3-4-9(12)8(11)5-7/h3-5,10H,6,13H2,1-2H3. The molecule has 0 spiro atoms. The van der Waals surface area contributed by atoms with E-state index < -0.39 is 0 Å². The molecule has 2 N–H and O–H groups in total. The molecular formula is C10H14BrClN2. The molecule has 2 nitrogen and oxygen atoms in total. The minimum absolute atomic E-state index is 0.239. The SMILES string of the molecule is CN(C)C(CN)c1ccc(Cl)c(Br)c1. The molecule has 4 heteroatoms. The highest BCUT2D eigenvalue weighted by molar-refractivity contribution is 9.10. The average Bonchev–Trinajstić information content (AvgIpc) is 2.11. The van der Waals surface area contributed by atoms with Crippen LogP contribution in [0.25, 0.3) is 0 Å². The Morgan fingerprint density at radius 1 is 1.50 bits per heavy atom. The van der Waals surface area contributed by atoms with Crippen molar-refractivity contribution in [3.05, 3.63) is 33.3 Å². The average molecular weight is 278 g/mol. The summed E-state index contributed by atoms with van der Waals surface area (Å²) < 4.78 is 0.914. The molecule has 1 atom stereocenters. The third-order valence-corrected chi connectivity index (χ3v) is 3.39. The van der Waals surface area contributed by atoms with Gasteiger partial charge in [0.15, 0.2) is 0 Å². The summed E-state index contributed by atoms with van der Waals surface area (Å²) in [4.78, 5) is 2.09. The summed E-state index contributed by atoms with van der Waals surface area (Å²) in [7, 11) is 4.03. The molecule has 1 aromatic rings. The molecule has 78 valence electrons. The first-order valence-corrected chi connectivity index (χ1v) is 5.54. The van der Waals surface area contributed by atoms with Crippen LogP contribution in [0.4, 0.5) is 0 Å². The second-order valence-corrected chi connectivity index (χ2v) is 4.65. The molecular weight excluding hydrogens is 263 g/mol. The normalized spacial score (nSPS) is 13.3. The Bertz CT molecular complexity index is 315. The zero-order valence-electron chi connectivity index (χ0n) is 8.30. The summed E-state index contributed by atoms with van der Waals surface area (Å²) in [6.45, 7) is 0.598. The quantitative estimate of drug-likeness (QED) is 0.920. The predicted molar refractivity (Wildman–Crippen MR) is 64.6 cm³/mol. The fraction of sp³-hybridized carbons (Fsp3) is 0.400. The largest absolute Gasteiger partial charge is 0.329 e. The molecule has 0 radical (unpaired) electrons. The minimum Gasteiger partial charge on any atom is -0.329 e. The van der Waals surface area contributed by atoms with E-state index in [4.69, 9.17) is 17.3 Å². The smallest absolute Gasteiger partial charge is 0.0548 e. The fourth-order valence-electron chi connectivity index (χ4n) is 1.36. The van der Waals surface area contributed by atoms with E-state index in [1.807, 2.05) is 32.3 Å². The summed E-state index contributed by atoms with van der Waals surface area (Å²) in [5.41, 5.74) is 6.88. The molecule has 1 aromatic carbocycles. The summed E-state index contributed by atoms with van der Waals surface area (Å²) in [5.74, 6) is 0. The summed E-state index contributed by atoms with van der Waals surface area (Å²) in [5, 5.41) is 0.725. The number of rotatable bonds is 3. The van der Waals surface area contributed by atoms with Crippen LogP contribution < -0.4 is 5.73 Å². The Kier molecular flexibility index (Phi) is 4.38. The van der Waals surface area contributed by atoms with Gasteiger partial charge in [0.2, 0.25) is 0 Å². The number of benzene rings is 1. The highest BCUT2D eigenvalue weighted by atomic mass is 79.9. The lowest BCUT2D eigenvalue weighted by molar-refractivity contribution is 0.306. The van der Waals surface area contributed by atoms with Crippen molar-refractivity contribution >= 4 is 27.5 Å². The molecule has 0 heterocycles. The Morgan fingerprint density at radius 3 is 2.57 bits per heavy atom. The maximum absolute atomic E-state index is 5.92. The maximum atomic E-state index is 5.92. The van der Waals surface area contributed by atoms with Crippen LogP contribution >= 0.6 is 27.5 Å². The van der Waals surface area contributed by atoms with E-state index in [9.17, 15) is 0 Å². The molecule has 14 heavy (non-hydrogen) atoms. The molecule has 1 unspecified atom stereocenters. The van der Waals surface area contributed by atoms with Gasteiger partial charge in [0.05, 0.1) is 5.02 Å². The van der Waals surface area contributed by atoms with E-state index >= 15 is 0 Å². The van der Waals surface area contributed by atoms with Gasteiger partial charge in [-0.05, 0) is 47.7 Å². The van der Waals surface area contributed by atoms with Gasteiger partial charge in [0.1, 0.15) is 0 Å². The van der Waals surface area contributed by atoms with Gasteiger partial charge in [0, 0.05) is 17.1 Å². The fourth-order valence-corrected chi connectivity index (χ4v) is 1.88. The van der Waals surface area contributed by atoms with E-state index in [2.05, 4.69) is 20.8 Å². The van der Waals surface area contributed by atoms with Crippen LogP contribution in [-0.2, 0) is 0 Å². The third kappa shape index (κ3) is 2.70. The van der Waals surface area contributed by atoms with Gasteiger partial charge in [-0.15, -0.1) is 0 Å². The molecule has 0 aliphatic carbocycles. The molecule has 0 saturated heterocycles. The van der Waals surface area contributed by atoms with Gasteiger partial charge >= 0.3 is 0 Å². The van der Waals surface area contributed by atoms with Crippen LogP contribution in [0.15, 0.2) is 22.7 Å². The first-order valence-electron chi connectivity index (χ1n) is 4.37. The van der Waals surface area contributed by atoms with Crippen molar-refractivity contribution in [2.45, 2.75) is 6.04 Å². The highest BCUT2D eigenvalue weighted by Crippen LogP contribution is 2.27. The first-order chi connectivity index (χ1) is 6.56. The Morgan fingerprint density at radius 2 is 2.14 bits per heavy atom. The van der Waals surface area contributed by atoms with Gasteiger partial charge in [-0.3, -0.25) is 0 Å². The molecule has 0 bridgehead atoms. The van der Waals surface area contributed by atoms with E-state index in [0.29, 0.717) is 6.54 Å². The van der Waals surface area contributed by atoms with Gasteiger partial charge < -0.3 is 10.6 Å². The lowest BCUT2D eigenvalue weighted by atomic mass is 10.1. The summed E-state index contributed by atoms with van der Waals surface area (Å²) >= 11 is 9.32. The van der Waals surface area contributed by atoms with Crippen LogP contribution in [0.2, 0.25) is 5.02 Å². The Labute approximate surface area is 98.2 Å². The van der Waals surface area contributed by atoms with Gasteiger partial charge in [-0.25, -0.2) is 0 Å². The molecule has 0 aliphatic heterocycles. The summed E-state index contributed by atoms with van der Waals surface area (Å²) in [6, 6.07) is 6.14. The van der Waals surface area contributed by atoms with Crippen molar-refractivity contribution in [3.8, 4) is 0 Å². The van der Waals surface area contributed by atoms with E-state index in [1.165, 1.54) is 5.56 Å². The van der Waals surface area contributed by atoms with Crippen molar-refractivity contribution in [2.75, 3.05) is 20.6 Å². The van der Waals surface area contributed by atoms with Crippen LogP contribution in [0, 0.1) is 0 Å². The number of nitrogens with two attached hydrogens (primary N) is 1. The molecule has 0 fully saturated rings. The van der Waals surface area contributed by atoms with E-state index in [0.717, 1.165) is 9.50 Å².